The Kier molecular flexibility index (Phi) is 3.95. The van der Waals surface area contributed by atoms with E-state index >= 15 is 0 Å². The van der Waals surface area contributed by atoms with E-state index in [4.69, 9.17) is 10.5 Å². The Labute approximate surface area is 140 Å². The van der Waals surface area contributed by atoms with Gasteiger partial charge in [0, 0.05) is 12.2 Å². The van der Waals surface area contributed by atoms with E-state index in [9.17, 15) is 9.59 Å². The first-order valence-electron chi connectivity index (χ1n) is 8.10. The fourth-order valence-electron chi connectivity index (χ4n) is 2.74. The van der Waals surface area contributed by atoms with Gasteiger partial charge in [-0.05, 0) is 38.2 Å². The number of hydrogen-bond donors (Lipinski definition) is 2. The van der Waals surface area contributed by atoms with Gasteiger partial charge in [-0.25, -0.2) is 9.31 Å². The Morgan fingerprint density at radius 2 is 2.21 bits per heavy atom. The average Bonchev–Trinajstić information content (AvgIpc) is 3.12. The van der Waals surface area contributed by atoms with E-state index in [1.54, 1.807) is 23.7 Å². The van der Waals surface area contributed by atoms with Gasteiger partial charge in [-0.2, -0.15) is 5.10 Å². The maximum absolute atomic E-state index is 12.0. The van der Waals surface area contributed by atoms with Gasteiger partial charge in [0.05, 0.1) is 35.1 Å². The van der Waals surface area contributed by atoms with Gasteiger partial charge in [0.25, 0.3) is 5.91 Å². The van der Waals surface area contributed by atoms with Gasteiger partial charge < -0.3 is 15.8 Å². The number of anilines is 1. The van der Waals surface area contributed by atoms with Crippen LogP contribution in [-0.4, -0.2) is 34.1 Å². The van der Waals surface area contributed by atoms with E-state index in [-0.39, 0.29) is 11.5 Å². The SMILES string of the molecule is CCOC(=O)c1cc2c(NC(C)C3(C)CC3)c(C(N)=O)cnn2c1. The molecule has 0 bridgehead atoms. The molecule has 0 saturated heterocycles. The van der Waals surface area contributed by atoms with Crippen LogP contribution in [0.5, 0.6) is 0 Å². The number of ether oxygens (including phenoxy) is 1. The number of fused-ring (bicyclic) bond motifs is 1. The maximum Gasteiger partial charge on any atom is 0.339 e. The minimum Gasteiger partial charge on any atom is -0.462 e. The molecule has 1 unspecified atom stereocenters. The summed E-state index contributed by atoms with van der Waals surface area (Å²) in [5.41, 5.74) is 7.65. The predicted molar refractivity (Wildman–Crippen MR) is 90.1 cm³/mol. The summed E-state index contributed by atoms with van der Waals surface area (Å²) in [5.74, 6) is -0.976. The minimum absolute atomic E-state index is 0.169. The van der Waals surface area contributed by atoms with E-state index < -0.39 is 11.9 Å². The fourth-order valence-corrected chi connectivity index (χ4v) is 2.74. The molecular weight excluding hydrogens is 308 g/mol. The van der Waals surface area contributed by atoms with Crippen LogP contribution in [-0.2, 0) is 4.74 Å². The molecule has 1 aliphatic rings. The molecule has 7 nitrogen and oxygen atoms in total. The molecule has 3 rings (SSSR count). The molecule has 2 aromatic rings. The standard InChI is InChI=1S/C17H22N4O3/c1-4-24-16(23)11-7-13-14(20-10(2)17(3)5-6-17)12(15(18)22)8-19-21(13)9-11/h7-10,20H,4-6H2,1-3H3,(H2,18,22). The molecule has 1 amide bonds. The third-order valence-electron chi connectivity index (χ3n) is 4.86. The van der Waals surface area contributed by atoms with Crippen LogP contribution in [0.1, 0.15) is 54.3 Å². The van der Waals surface area contributed by atoms with Crippen LogP contribution in [0.25, 0.3) is 5.52 Å². The molecule has 0 radical (unpaired) electrons. The lowest BCUT2D eigenvalue weighted by Crippen LogP contribution is -2.27. The molecule has 0 spiro atoms. The van der Waals surface area contributed by atoms with Crippen molar-refractivity contribution in [1.82, 2.24) is 9.61 Å². The summed E-state index contributed by atoms with van der Waals surface area (Å²) < 4.78 is 6.59. The number of carbonyl (C=O) groups is 2. The van der Waals surface area contributed by atoms with Crippen molar-refractivity contribution in [2.24, 2.45) is 11.1 Å². The van der Waals surface area contributed by atoms with Gasteiger partial charge in [-0.15, -0.1) is 0 Å². The van der Waals surface area contributed by atoms with Crippen LogP contribution in [0, 0.1) is 5.41 Å². The quantitative estimate of drug-likeness (QED) is 0.791. The van der Waals surface area contributed by atoms with E-state index in [0.29, 0.717) is 28.9 Å². The predicted octanol–water partition coefficient (Wildman–Crippen LogP) is 2.21. The first-order valence-corrected chi connectivity index (χ1v) is 8.10. The highest BCUT2D eigenvalue weighted by molar-refractivity contribution is 6.03. The first-order chi connectivity index (χ1) is 11.4. The Morgan fingerprint density at radius 3 is 2.79 bits per heavy atom. The van der Waals surface area contributed by atoms with E-state index in [2.05, 4.69) is 24.3 Å². The molecule has 128 valence electrons. The number of primary amides is 1. The average molecular weight is 330 g/mol. The lowest BCUT2D eigenvalue weighted by atomic mass is 10.00. The Balaban J connectivity index is 2.06. The van der Waals surface area contributed by atoms with Gasteiger partial charge in [0.15, 0.2) is 0 Å². The molecule has 1 saturated carbocycles. The largest absolute Gasteiger partial charge is 0.462 e. The molecular formula is C17H22N4O3. The lowest BCUT2D eigenvalue weighted by Gasteiger charge is -2.23. The van der Waals surface area contributed by atoms with E-state index in [0.717, 1.165) is 12.8 Å². The fraction of sp³-hybridized carbons (Fsp3) is 0.471. The third-order valence-corrected chi connectivity index (χ3v) is 4.86. The van der Waals surface area contributed by atoms with Gasteiger partial charge in [0.2, 0.25) is 0 Å². The third kappa shape index (κ3) is 2.81. The molecule has 1 atom stereocenters. The Bertz CT molecular complexity index is 808. The lowest BCUT2D eigenvalue weighted by molar-refractivity contribution is 0.0526. The van der Waals surface area contributed by atoms with Crippen molar-refractivity contribution in [3.05, 3.63) is 29.6 Å². The Morgan fingerprint density at radius 1 is 1.50 bits per heavy atom. The molecule has 2 aromatic heterocycles. The normalized spacial score (nSPS) is 16.6. The van der Waals surface area contributed by atoms with E-state index in [1.807, 2.05) is 0 Å². The van der Waals surface area contributed by atoms with E-state index in [1.165, 1.54) is 6.20 Å². The number of rotatable bonds is 6. The number of hydrogen-bond acceptors (Lipinski definition) is 5. The summed E-state index contributed by atoms with van der Waals surface area (Å²) in [6.07, 6.45) is 5.30. The Hall–Kier alpha value is -2.57. The zero-order valence-electron chi connectivity index (χ0n) is 14.1. The zero-order valence-corrected chi connectivity index (χ0v) is 14.1. The van der Waals surface area contributed by atoms with Crippen molar-refractivity contribution in [3.8, 4) is 0 Å². The van der Waals surface area contributed by atoms with Crippen LogP contribution in [0.15, 0.2) is 18.5 Å². The highest BCUT2D eigenvalue weighted by atomic mass is 16.5. The molecule has 0 aromatic carbocycles. The molecule has 3 N–H and O–H groups in total. The van der Waals surface area contributed by atoms with Gasteiger partial charge >= 0.3 is 5.97 Å². The van der Waals surface area contributed by atoms with Crippen LogP contribution < -0.4 is 11.1 Å². The smallest absolute Gasteiger partial charge is 0.339 e. The van der Waals surface area contributed by atoms with Crippen molar-refractivity contribution >= 4 is 23.1 Å². The van der Waals surface area contributed by atoms with Crippen LogP contribution >= 0.6 is 0 Å². The number of esters is 1. The second-order valence-corrected chi connectivity index (χ2v) is 6.60. The molecule has 7 heteroatoms. The number of nitrogens with zero attached hydrogens (tertiary/aromatic N) is 2. The van der Waals surface area contributed by atoms with Crippen LogP contribution in [0.4, 0.5) is 5.69 Å². The highest BCUT2D eigenvalue weighted by Gasteiger charge is 2.43. The van der Waals surface area contributed by atoms with Crippen molar-refractivity contribution in [3.63, 3.8) is 0 Å². The van der Waals surface area contributed by atoms with Gasteiger partial charge in [-0.1, -0.05) is 6.92 Å². The topological polar surface area (TPSA) is 98.7 Å². The monoisotopic (exact) mass is 330 g/mol. The summed E-state index contributed by atoms with van der Waals surface area (Å²) in [5, 5.41) is 7.59. The van der Waals surface area contributed by atoms with Crippen molar-refractivity contribution in [1.29, 1.82) is 0 Å². The first kappa shape index (κ1) is 16.3. The molecule has 2 heterocycles. The summed E-state index contributed by atoms with van der Waals surface area (Å²) in [7, 11) is 0. The van der Waals surface area contributed by atoms with Crippen LogP contribution in [0.3, 0.4) is 0 Å². The van der Waals surface area contributed by atoms with Crippen molar-refractivity contribution in [2.45, 2.75) is 39.7 Å². The maximum atomic E-state index is 12.0. The van der Waals surface area contributed by atoms with Crippen LogP contribution in [0.2, 0.25) is 0 Å². The second-order valence-electron chi connectivity index (χ2n) is 6.60. The number of amides is 1. The summed E-state index contributed by atoms with van der Waals surface area (Å²) >= 11 is 0. The highest BCUT2D eigenvalue weighted by Crippen LogP contribution is 2.49. The molecule has 24 heavy (non-hydrogen) atoms. The molecule has 0 aliphatic heterocycles. The number of carbonyl (C=O) groups excluding carboxylic acids is 2. The minimum atomic E-state index is -0.556. The second kappa shape index (κ2) is 5.81. The van der Waals surface area contributed by atoms with Crippen molar-refractivity contribution < 1.29 is 14.3 Å². The number of aromatic nitrogens is 2. The van der Waals surface area contributed by atoms with Gasteiger partial charge in [0.1, 0.15) is 0 Å². The molecule has 1 aliphatic carbocycles. The number of nitrogens with two attached hydrogens (primary N) is 1. The van der Waals surface area contributed by atoms with Crippen molar-refractivity contribution in [2.75, 3.05) is 11.9 Å². The zero-order chi connectivity index (χ0) is 17.5. The summed E-state index contributed by atoms with van der Waals surface area (Å²) in [6, 6.07) is 1.84. The summed E-state index contributed by atoms with van der Waals surface area (Å²) in [6.45, 7) is 6.34. The van der Waals surface area contributed by atoms with Gasteiger partial charge in [-0.3, -0.25) is 4.79 Å². The summed E-state index contributed by atoms with van der Waals surface area (Å²) in [4.78, 5) is 23.8. The molecule has 1 fully saturated rings. The number of nitrogens with one attached hydrogen (secondary N) is 1.